The molecule has 0 radical (unpaired) electrons. The second-order valence-electron chi connectivity index (χ2n) is 9.89. The number of nitrogens with one attached hydrogen (secondary N) is 1. The maximum Gasteiger partial charge on any atom is 0.275 e. The molecule has 0 fully saturated rings. The lowest BCUT2D eigenvalue weighted by Crippen LogP contribution is -2.64. The number of carbonyl (C=O) groups excluding carboxylic acids is 2. The van der Waals surface area contributed by atoms with Crippen LogP contribution in [0.15, 0.2) is 83.5 Å². The topological polar surface area (TPSA) is 70.7 Å². The SMILES string of the molecule is CCN(CC)c1ccc(N2C(=O)c3ccc(-c4ccco4)n3C[C@@]2(C)C(=O)NCc2ccccc2)c(C)c1. The number of rotatable bonds is 8. The molecule has 2 aromatic carbocycles. The lowest BCUT2D eigenvalue weighted by atomic mass is 9.92. The summed E-state index contributed by atoms with van der Waals surface area (Å²) >= 11 is 0. The first-order valence-corrected chi connectivity index (χ1v) is 13.1. The number of anilines is 2. The minimum Gasteiger partial charge on any atom is -0.463 e. The lowest BCUT2D eigenvalue weighted by molar-refractivity contribution is -0.126. The summed E-state index contributed by atoms with van der Waals surface area (Å²) in [4.78, 5) is 32.1. The molecular weight excluding hydrogens is 476 g/mol. The van der Waals surface area contributed by atoms with Gasteiger partial charge in [-0.25, -0.2) is 0 Å². The van der Waals surface area contributed by atoms with Crippen LogP contribution >= 0.6 is 0 Å². The highest BCUT2D eigenvalue weighted by Gasteiger charge is 2.49. The van der Waals surface area contributed by atoms with Crippen molar-refractivity contribution < 1.29 is 14.0 Å². The van der Waals surface area contributed by atoms with E-state index in [1.54, 1.807) is 11.2 Å². The molecule has 5 rings (SSSR count). The van der Waals surface area contributed by atoms with Crippen LogP contribution in [-0.4, -0.2) is 35.0 Å². The standard InChI is InChI=1S/C31H34N4O3/c1-5-33(6-2)24-14-15-25(22(3)19-24)35-29(36)27-17-16-26(28-13-10-18-38-28)34(27)21-31(35,4)30(37)32-20-23-11-8-7-9-12-23/h7-19H,5-6,20-21H2,1-4H3,(H,32,37)/t31-/m0/s1. The number of aryl methyl sites for hydroxylation is 1. The highest BCUT2D eigenvalue weighted by atomic mass is 16.3. The molecule has 0 spiro atoms. The van der Waals surface area contributed by atoms with Gasteiger partial charge in [0.15, 0.2) is 0 Å². The molecule has 0 bridgehead atoms. The Morgan fingerprint density at radius 1 is 1.00 bits per heavy atom. The maximum atomic E-state index is 14.2. The third kappa shape index (κ3) is 4.38. The van der Waals surface area contributed by atoms with Crippen LogP contribution in [0.2, 0.25) is 0 Å². The van der Waals surface area contributed by atoms with Crippen molar-refractivity contribution in [3.8, 4) is 11.5 Å². The zero-order valence-corrected chi connectivity index (χ0v) is 22.4. The van der Waals surface area contributed by atoms with Crippen LogP contribution in [0.5, 0.6) is 0 Å². The van der Waals surface area contributed by atoms with Crippen molar-refractivity contribution >= 4 is 23.2 Å². The predicted octanol–water partition coefficient (Wildman–Crippen LogP) is 5.64. The number of aromatic nitrogens is 1. The molecule has 38 heavy (non-hydrogen) atoms. The Morgan fingerprint density at radius 2 is 1.74 bits per heavy atom. The third-order valence-electron chi connectivity index (χ3n) is 7.47. The summed E-state index contributed by atoms with van der Waals surface area (Å²) in [5, 5.41) is 3.10. The van der Waals surface area contributed by atoms with Crippen LogP contribution in [0.3, 0.4) is 0 Å². The van der Waals surface area contributed by atoms with Crippen molar-refractivity contribution in [2.75, 3.05) is 22.9 Å². The highest BCUT2D eigenvalue weighted by molar-refractivity contribution is 6.12. The fourth-order valence-corrected chi connectivity index (χ4v) is 5.37. The van der Waals surface area contributed by atoms with Gasteiger partial charge < -0.3 is 19.2 Å². The van der Waals surface area contributed by atoms with Gasteiger partial charge in [0.05, 0.1) is 18.5 Å². The number of furan rings is 1. The van der Waals surface area contributed by atoms with Crippen molar-refractivity contribution in [3.05, 3.63) is 95.9 Å². The molecule has 0 saturated heterocycles. The van der Waals surface area contributed by atoms with Gasteiger partial charge in [0.2, 0.25) is 5.91 Å². The number of benzene rings is 2. The van der Waals surface area contributed by atoms with Crippen molar-refractivity contribution in [2.24, 2.45) is 0 Å². The van der Waals surface area contributed by atoms with Gasteiger partial charge in [-0.2, -0.15) is 0 Å². The van der Waals surface area contributed by atoms with E-state index in [4.69, 9.17) is 4.42 Å². The van der Waals surface area contributed by atoms with Gasteiger partial charge in [-0.3, -0.25) is 14.5 Å². The van der Waals surface area contributed by atoms with E-state index in [9.17, 15) is 9.59 Å². The van der Waals surface area contributed by atoms with E-state index in [1.807, 2.05) is 85.1 Å². The second-order valence-corrected chi connectivity index (χ2v) is 9.89. The van der Waals surface area contributed by atoms with Crippen molar-refractivity contribution in [2.45, 2.75) is 46.3 Å². The Balaban J connectivity index is 1.58. The summed E-state index contributed by atoms with van der Waals surface area (Å²) in [5.41, 5.74) is 3.88. The molecule has 7 nitrogen and oxygen atoms in total. The van der Waals surface area contributed by atoms with Gasteiger partial charge >= 0.3 is 0 Å². The molecule has 196 valence electrons. The summed E-state index contributed by atoms with van der Waals surface area (Å²) in [5.74, 6) is 0.223. The molecule has 1 aliphatic rings. The molecule has 0 unspecified atom stereocenters. The minimum absolute atomic E-state index is 0.216. The number of fused-ring (bicyclic) bond motifs is 1. The number of hydrogen-bond acceptors (Lipinski definition) is 4. The van der Waals surface area contributed by atoms with Crippen LogP contribution in [0, 0.1) is 6.92 Å². The van der Waals surface area contributed by atoms with E-state index in [0.29, 0.717) is 18.0 Å². The number of hydrogen-bond donors (Lipinski definition) is 1. The van der Waals surface area contributed by atoms with Crippen molar-refractivity contribution in [3.63, 3.8) is 0 Å². The molecular formula is C31H34N4O3. The summed E-state index contributed by atoms with van der Waals surface area (Å²) in [6.45, 7) is 10.5. The van der Waals surface area contributed by atoms with E-state index in [1.165, 1.54) is 0 Å². The highest BCUT2D eigenvalue weighted by Crippen LogP contribution is 2.38. The van der Waals surface area contributed by atoms with E-state index < -0.39 is 5.54 Å². The fourth-order valence-electron chi connectivity index (χ4n) is 5.37. The number of nitrogens with zero attached hydrogens (tertiary/aromatic N) is 3. The first kappa shape index (κ1) is 25.4. The first-order valence-electron chi connectivity index (χ1n) is 13.1. The molecule has 0 aliphatic carbocycles. The van der Waals surface area contributed by atoms with Gasteiger partial charge in [0, 0.05) is 31.0 Å². The van der Waals surface area contributed by atoms with Crippen LogP contribution in [0.4, 0.5) is 11.4 Å². The molecule has 1 atom stereocenters. The van der Waals surface area contributed by atoms with Crippen LogP contribution in [-0.2, 0) is 17.9 Å². The second kappa shape index (κ2) is 10.2. The quantitative estimate of drug-likeness (QED) is 0.333. The molecule has 0 saturated carbocycles. The monoisotopic (exact) mass is 510 g/mol. The zero-order valence-electron chi connectivity index (χ0n) is 22.4. The molecule has 1 aliphatic heterocycles. The number of carbonyl (C=O) groups is 2. The van der Waals surface area contributed by atoms with E-state index >= 15 is 0 Å². The molecule has 4 aromatic rings. The largest absolute Gasteiger partial charge is 0.463 e. The molecule has 2 amide bonds. The minimum atomic E-state index is -1.18. The van der Waals surface area contributed by atoms with Gasteiger partial charge in [-0.15, -0.1) is 0 Å². The Hall–Kier alpha value is -4.26. The first-order chi connectivity index (χ1) is 18.4. The van der Waals surface area contributed by atoms with E-state index in [2.05, 4.69) is 30.1 Å². The summed E-state index contributed by atoms with van der Waals surface area (Å²) in [6.07, 6.45) is 1.61. The van der Waals surface area contributed by atoms with E-state index in [0.717, 1.165) is 41.3 Å². The third-order valence-corrected chi connectivity index (χ3v) is 7.47. The van der Waals surface area contributed by atoms with Gasteiger partial charge in [-0.1, -0.05) is 30.3 Å². The predicted molar refractivity (Wildman–Crippen MR) is 150 cm³/mol. The molecule has 7 heteroatoms. The Bertz CT molecular complexity index is 1440. The lowest BCUT2D eigenvalue weighted by Gasteiger charge is -2.44. The Morgan fingerprint density at radius 3 is 2.39 bits per heavy atom. The maximum absolute atomic E-state index is 14.2. The van der Waals surface area contributed by atoms with Crippen LogP contribution in [0.1, 0.15) is 42.4 Å². The number of amides is 2. The van der Waals surface area contributed by atoms with Crippen LogP contribution in [0.25, 0.3) is 11.5 Å². The average molecular weight is 511 g/mol. The normalized spacial score (nSPS) is 16.8. The van der Waals surface area contributed by atoms with Gasteiger partial charge in [0.25, 0.3) is 5.91 Å². The summed E-state index contributed by atoms with van der Waals surface area (Å²) in [6, 6.07) is 23.3. The smallest absolute Gasteiger partial charge is 0.275 e. The zero-order chi connectivity index (χ0) is 26.9. The van der Waals surface area contributed by atoms with Crippen LogP contribution < -0.4 is 15.1 Å². The fraction of sp³-hybridized carbons (Fsp3) is 0.290. The average Bonchev–Trinajstić information content (AvgIpc) is 3.60. The van der Waals surface area contributed by atoms with E-state index in [-0.39, 0.29) is 18.4 Å². The van der Waals surface area contributed by atoms with Crippen molar-refractivity contribution in [1.82, 2.24) is 9.88 Å². The van der Waals surface area contributed by atoms with Gasteiger partial charge in [0.1, 0.15) is 17.0 Å². The molecule has 1 N–H and O–H groups in total. The summed E-state index contributed by atoms with van der Waals surface area (Å²) < 4.78 is 7.55. The summed E-state index contributed by atoms with van der Waals surface area (Å²) in [7, 11) is 0. The van der Waals surface area contributed by atoms with Gasteiger partial charge in [-0.05, 0) is 81.3 Å². The van der Waals surface area contributed by atoms with Crippen molar-refractivity contribution in [1.29, 1.82) is 0 Å². The Labute approximate surface area is 223 Å². The Kier molecular flexibility index (Phi) is 6.85. The molecule has 3 heterocycles. The molecule has 2 aromatic heterocycles.